The number of hydrogen-bond donors (Lipinski definition) is 3. The van der Waals surface area contributed by atoms with E-state index in [2.05, 4.69) is 10.6 Å². The van der Waals surface area contributed by atoms with Gasteiger partial charge in [0.05, 0.1) is 18.5 Å². The molecule has 1 rings (SSSR count). The number of rotatable bonds is 7. The van der Waals surface area contributed by atoms with Gasteiger partial charge in [-0.3, -0.25) is 14.4 Å². The third-order valence-corrected chi connectivity index (χ3v) is 4.13. The molecule has 0 saturated carbocycles. The van der Waals surface area contributed by atoms with Gasteiger partial charge in [-0.2, -0.15) is 0 Å². The summed E-state index contributed by atoms with van der Waals surface area (Å²) in [6.07, 6.45) is 2.49. The van der Waals surface area contributed by atoms with Crippen LogP contribution in [0.5, 0.6) is 0 Å². The molecule has 1 aliphatic rings. The SMILES string of the molecule is CCCNC(=O)C1CCCN(C(=O)CNC(=O)[C@@H](N)C(C)C)C1. The molecule has 0 bridgehead atoms. The molecule has 7 heteroatoms. The number of carbonyl (C=O) groups is 3. The predicted molar refractivity (Wildman–Crippen MR) is 88.4 cm³/mol. The molecular weight excluding hydrogens is 296 g/mol. The highest BCUT2D eigenvalue weighted by molar-refractivity contribution is 5.88. The van der Waals surface area contributed by atoms with Crippen molar-refractivity contribution in [2.24, 2.45) is 17.6 Å². The summed E-state index contributed by atoms with van der Waals surface area (Å²) in [5.74, 6) is -0.611. The second kappa shape index (κ2) is 9.50. The van der Waals surface area contributed by atoms with E-state index in [1.54, 1.807) is 4.90 Å². The summed E-state index contributed by atoms with van der Waals surface area (Å²) in [5.41, 5.74) is 5.74. The maximum atomic E-state index is 12.2. The molecule has 0 spiro atoms. The maximum Gasteiger partial charge on any atom is 0.241 e. The van der Waals surface area contributed by atoms with Crippen LogP contribution in [0.4, 0.5) is 0 Å². The molecule has 1 saturated heterocycles. The zero-order valence-electron chi connectivity index (χ0n) is 14.4. The molecule has 1 aliphatic heterocycles. The van der Waals surface area contributed by atoms with Gasteiger partial charge in [-0.05, 0) is 25.2 Å². The first-order valence-corrected chi connectivity index (χ1v) is 8.45. The Morgan fingerprint density at radius 2 is 1.96 bits per heavy atom. The zero-order valence-corrected chi connectivity index (χ0v) is 14.4. The Hall–Kier alpha value is -1.63. The molecule has 7 nitrogen and oxygen atoms in total. The molecule has 0 aromatic heterocycles. The fourth-order valence-corrected chi connectivity index (χ4v) is 2.51. The van der Waals surface area contributed by atoms with Crippen LogP contribution in [0.25, 0.3) is 0 Å². The molecule has 3 amide bonds. The van der Waals surface area contributed by atoms with Crippen molar-refractivity contribution in [3.8, 4) is 0 Å². The third kappa shape index (κ3) is 6.17. The van der Waals surface area contributed by atoms with Crippen LogP contribution < -0.4 is 16.4 Å². The van der Waals surface area contributed by atoms with E-state index in [-0.39, 0.29) is 36.1 Å². The molecule has 4 N–H and O–H groups in total. The quantitative estimate of drug-likeness (QED) is 0.605. The Labute approximate surface area is 138 Å². The van der Waals surface area contributed by atoms with E-state index in [0.29, 0.717) is 19.6 Å². The average Bonchev–Trinajstić information content (AvgIpc) is 2.56. The van der Waals surface area contributed by atoms with Crippen LogP contribution in [0.15, 0.2) is 0 Å². The fourth-order valence-electron chi connectivity index (χ4n) is 2.51. The minimum Gasteiger partial charge on any atom is -0.356 e. The van der Waals surface area contributed by atoms with Crippen molar-refractivity contribution < 1.29 is 14.4 Å². The highest BCUT2D eigenvalue weighted by Gasteiger charge is 2.28. The second-order valence-corrected chi connectivity index (χ2v) is 6.46. The van der Waals surface area contributed by atoms with Crippen molar-refractivity contribution in [3.05, 3.63) is 0 Å². The molecule has 1 heterocycles. The van der Waals surface area contributed by atoms with Crippen molar-refractivity contribution in [3.63, 3.8) is 0 Å². The number of piperidine rings is 1. The van der Waals surface area contributed by atoms with Gasteiger partial charge in [0.1, 0.15) is 0 Å². The van der Waals surface area contributed by atoms with E-state index in [1.165, 1.54) is 0 Å². The number of hydrogen-bond acceptors (Lipinski definition) is 4. The lowest BCUT2D eigenvalue weighted by molar-refractivity contribution is -0.137. The first-order chi connectivity index (χ1) is 10.9. The molecule has 0 radical (unpaired) electrons. The van der Waals surface area contributed by atoms with Crippen molar-refractivity contribution in [1.82, 2.24) is 15.5 Å². The average molecular weight is 326 g/mol. The van der Waals surface area contributed by atoms with Crippen LogP contribution in [-0.2, 0) is 14.4 Å². The lowest BCUT2D eigenvalue weighted by Gasteiger charge is -2.32. The molecule has 23 heavy (non-hydrogen) atoms. The van der Waals surface area contributed by atoms with Crippen LogP contribution in [0.2, 0.25) is 0 Å². The molecular formula is C16H30N4O3. The molecule has 132 valence electrons. The highest BCUT2D eigenvalue weighted by atomic mass is 16.2. The summed E-state index contributed by atoms with van der Waals surface area (Å²) >= 11 is 0. The first-order valence-electron chi connectivity index (χ1n) is 8.45. The lowest BCUT2D eigenvalue weighted by atomic mass is 9.97. The summed E-state index contributed by atoms with van der Waals surface area (Å²) in [7, 11) is 0. The summed E-state index contributed by atoms with van der Waals surface area (Å²) in [4.78, 5) is 37.7. The van der Waals surface area contributed by atoms with Crippen molar-refractivity contribution in [2.45, 2.75) is 46.1 Å². The molecule has 0 aromatic carbocycles. The number of nitrogens with one attached hydrogen (secondary N) is 2. The summed E-state index contributed by atoms with van der Waals surface area (Å²) in [6.45, 7) is 7.35. The molecule has 1 unspecified atom stereocenters. The van der Waals surface area contributed by atoms with E-state index >= 15 is 0 Å². The van der Waals surface area contributed by atoms with Gasteiger partial charge in [0.2, 0.25) is 17.7 Å². The Bertz CT molecular complexity index is 426. The van der Waals surface area contributed by atoms with Gasteiger partial charge in [-0.15, -0.1) is 0 Å². The van der Waals surface area contributed by atoms with E-state index in [4.69, 9.17) is 5.73 Å². The Balaban J connectivity index is 2.44. The minimum absolute atomic E-state index is 0.00946. The van der Waals surface area contributed by atoms with Gasteiger partial charge in [-0.25, -0.2) is 0 Å². The zero-order chi connectivity index (χ0) is 17.4. The number of nitrogens with two attached hydrogens (primary N) is 1. The molecule has 2 atom stereocenters. The smallest absolute Gasteiger partial charge is 0.241 e. The highest BCUT2D eigenvalue weighted by Crippen LogP contribution is 2.16. The number of likely N-dealkylation sites (tertiary alicyclic amines) is 1. The van der Waals surface area contributed by atoms with Crippen LogP contribution >= 0.6 is 0 Å². The fraction of sp³-hybridized carbons (Fsp3) is 0.812. The largest absolute Gasteiger partial charge is 0.356 e. The van der Waals surface area contributed by atoms with Crippen molar-refractivity contribution in [1.29, 1.82) is 0 Å². The van der Waals surface area contributed by atoms with E-state index < -0.39 is 6.04 Å². The van der Waals surface area contributed by atoms with Crippen LogP contribution in [-0.4, -0.2) is 54.8 Å². The Morgan fingerprint density at radius 1 is 1.26 bits per heavy atom. The van der Waals surface area contributed by atoms with Gasteiger partial charge in [-0.1, -0.05) is 20.8 Å². The molecule has 0 aliphatic carbocycles. The standard InChI is InChI=1S/C16H30N4O3/c1-4-7-18-15(22)12-6-5-8-20(10-12)13(21)9-19-16(23)14(17)11(2)3/h11-12,14H,4-10,17H2,1-3H3,(H,18,22)(H,19,23)/t12?,14-/m0/s1. The van der Waals surface area contributed by atoms with Crippen molar-refractivity contribution >= 4 is 17.7 Å². The van der Waals surface area contributed by atoms with Crippen molar-refractivity contribution in [2.75, 3.05) is 26.2 Å². The Kier molecular flexibility index (Phi) is 8.02. The van der Waals surface area contributed by atoms with Crippen LogP contribution in [0.1, 0.15) is 40.0 Å². The lowest BCUT2D eigenvalue weighted by Crippen LogP contribution is -2.51. The summed E-state index contributed by atoms with van der Waals surface area (Å²) < 4.78 is 0. The van der Waals surface area contributed by atoms with Gasteiger partial charge >= 0.3 is 0 Å². The molecule has 0 aromatic rings. The number of nitrogens with zero attached hydrogens (tertiary/aromatic N) is 1. The minimum atomic E-state index is -0.614. The van der Waals surface area contributed by atoms with Gasteiger partial charge in [0, 0.05) is 19.6 Å². The van der Waals surface area contributed by atoms with E-state index in [1.807, 2.05) is 20.8 Å². The number of amides is 3. The Morgan fingerprint density at radius 3 is 2.57 bits per heavy atom. The maximum absolute atomic E-state index is 12.2. The van der Waals surface area contributed by atoms with Gasteiger partial charge in [0.25, 0.3) is 0 Å². The second-order valence-electron chi connectivity index (χ2n) is 6.46. The van der Waals surface area contributed by atoms with Gasteiger partial charge in [0.15, 0.2) is 0 Å². The first kappa shape index (κ1) is 19.4. The summed E-state index contributed by atoms with van der Waals surface area (Å²) in [6, 6.07) is -0.614. The normalized spacial score (nSPS) is 19.3. The third-order valence-electron chi connectivity index (χ3n) is 4.13. The van der Waals surface area contributed by atoms with Gasteiger partial charge < -0.3 is 21.3 Å². The van der Waals surface area contributed by atoms with Crippen LogP contribution in [0.3, 0.4) is 0 Å². The van der Waals surface area contributed by atoms with E-state index in [0.717, 1.165) is 19.3 Å². The predicted octanol–water partition coefficient (Wildman–Crippen LogP) is -0.149. The summed E-state index contributed by atoms with van der Waals surface area (Å²) in [5, 5.41) is 5.46. The monoisotopic (exact) mass is 326 g/mol. The number of carbonyl (C=O) groups excluding carboxylic acids is 3. The van der Waals surface area contributed by atoms with E-state index in [9.17, 15) is 14.4 Å². The molecule has 1 fully saturated rings. The van der Waals surface area contributed by atoms with Crippen LogP contribution in [0, 0.1) is 11.8 Å². The topological polar surface area (TPSA) is 105 Å².